The van der Waals surface area contributed by atoms with Gasteiger partial charge in [0.05, 0.1) is 5.69 Å². The maximum Gasteiger partial charge on any atom is 0.278 e. The molecule has 126 valence electrons. The molecule has 2 aromatic rings. The molecule has 0 aliphatic carbocycles. The molecule has 2 rings (SSSR count). The van der Waals surface area contributed by atoms with Gasteiger partial charge in [-0.15, -0.1) is 0 Å². The van der Waals surface area contributed by atoms with Crippen molar-refractivity contribution in [3.63, 3.8) is 0 Å². The van der Waals surface area contributed by atoms with Crippen LogP contribution in [0.4, 0.5) is 5.69 Å². The molecule has 0 aliphatic rings. The predicted molar refractivity (Wildman–Crippen MR) is 99.4 cm³/mol. The molecule has 1 amide bonds. The van der Waals surface area contributed by atoms with Crippen molar-refractivity contribution in [1.82, 2.24) is 0 Å². The van der Waals surface area contributed by atoms with Crippen LogP contribution in [0.2, 0.25) is 0 Å². The molecule has 3 nitrogen and oxygen atoms in total. The first-order valence-corrected chi connectivity index (χ1v) is 8.36. The molecular weight excluding hydrogens is 369 g/mol. The van der Waals surface area contributed by atoms with Crippen molar-refractivity contribution in [3.8, 4) is 0 Å². The zero-order chi connectivity index (χ0) is 17.9. The van der Waals surface area contributed by atoms with Crippen LogP contribution in [0.1, 0.15) is 21.5 Å². The van der Waals surface area contributed by atoms with Crippen LogP contribution < -0.4 is 4.90 Å². The van der Waals surface area contributed by atoms with Crippen LogP contribution in [-0.4, -0.2) is 22.5 Å². The second-order valence-electron chi connectivity index (χ2n) is 5.47. The average Bonchev–Trinajstić information content (AvgIpc) is 2.53. The maximum absolute atomic E-state index is 12.7. The van der Waals surface area contributed by atoms with E-state index in [1.165, 1.54) is 11.9 Å². The van der Waals surface area contributed by atoms with Crippen molar-refractivity contribution in [2.24, 2.45) is 0 Å². The Labute approximate surface area is 156 Å². The van der Waals surface area contributed by atoms with Gasteiger partial charge in [0, 0.05) is 19.0 Å². The number of aryl methyl sites for hydroxylation is 1. The van der Waals surface area contributed by atoms with Gasteiger partial charge in [-0.1, -0.05) is 76.8 Å². The molecule has 0 N–H and O–H groups in total. The number of Topliss-reactive ketones (excluding diaryl/α,β-unsaturated/α-hetero) is 1. The number of rotatable bonds is 4. The minimum absolute atomic E-state index is 0.108. The van der Waals surface area contributed by atoms with E-state index in [2.05, 4.69) is 0 Å². The van der Waals surface area contributed by atoms with Crippen molar-refractivity contribution in [1.29, 1.82) is 0 Å². The SMILES string of the molecule is Cc1ccc(N(C)C(=O)C(Cl)(Cl)Cl)c(C(=O)Cc2ccccc2)c1. The second kappa shape index (κ2) is 7.56. The van der Waals surface area contributed by atoms with Crippen molar-refractivity contribution in [2.75, 3.05) is 11.9 Å². The molecule has 0 spiro atoms. The van der Waals surface area contributed by atoms with Crippen LogP contribution in [0.3, 0.4) is 0 Å². The smallest absolute Gasteiger partial charge is 0.278 e. The molecule has 0 fully saturated rings. The van der Waals surface area contributed by atoms with Crippen molar-refractivity contribution in [2.45, 2.75) is 17.1 Å². The maximum atomic E-state index is 12.7. The number of hydrogen-bond acceptors (Lipinski definition) is 2. The molecule has 0 unspecified atom stereocenters. The molecule has 0 heterocycles. The van der Waals surface area contributed by atoms with E-state index in [-0.39, 0.29) is 12.2 Å². The number of ketones is 1. The van der Waals surface area contributed by atoms with Crippen molar-refractivity contribution in [3.05, 3.63) is 65.2 Å². The van der Waals surface area contributed by atoms with Crippen LogP contribution >= 0.6 is 34.8 Å². The Morgan fingerprint density at radius 1 is 1.04 bits per heavy atom. The summed E-state index contributed by atoms with van der Waals surface area (Å²) in [7, 11) is 1.48. The lowest BCUT2D eigenvalue weighted by Gasteiger charge is -2.24. The molecule has 0 saturated carbocycles. The van der Waals surface area contributed by atoms with E-state index in [0.717, 1.165) is 11.1 Å². The number of hydrogen-bond donors (Lipinski definition) is 0. The van der Waals surface area contributed by atoms with Crippen LogP contribution in [0.25, 0.3) is 0 Å². The van der Waals surface area contributed by atoms with Gasteiger partial charge in [-0.05, 0) is 24.6 Å². The van der Waals surface area contributed by atoms with Gasteiger partial charge >= 0.3 is 0 Å². The number of halogens is 3. The van der Waals surface area contributed by atoms with Gasteiger partial charge in [-0.2, -0.15) is 0 Å². The third-order valence-corrected chi connectivity index (χ3v) is 4.05. The summed E-state index contributed by atoms with van der Waals surface area (Å²) in [5, 5.41) is 0. The van der Waals surface area contributed by atoms with Crippen LogP contribution in [-0.2, 0) is 11.2 Å². The topological polar surface area (TPSA) is 37.4 Å². The lowest BCUT2D eigenvalue weighted by atomic mass is 9.99. The van der Waals surface area contributed by atoms with Gasteiger partial charge in [0.25, 0.3) is 9.70 Å². The fourth-order valence-electron chi connectivity index (χ4n) is 2.34. The monoisotopic (exact) mass is 383 g/mol. The van der Waals surface area contributed by atoms with E-state index in [1.807, 2.05) is 37.3 Å². The molecule has 0 aromatic heterocycles. The second-order valence-corrected chi connectivity index (χ2v) is 7.75. The first kappa shape index (κ1) is 18.8. The lowest BCUT2D eigenvalue weighted by molar-refractivity contribution is -0.117. The van der Waals surface area contributed by atoms with E-state index in [4.69, 9.17) is 34.8 Å². The fraction of sp³-hybridized carbons (Fsp3) is 0.222. The Balaban J connectivity index is 2.37. The summed E-state index contributed by atoms with van der Waals surface area (Å²) in [5.41, 5.74) is 2.64. The van der Waals surface area contributed by atoms with Crippen LogP contribution in [0.15, 0.2) is 48.5 Å². The highest BCUT2D eigenvalue weighted by molar-refractivity contribution is 6.77. The van der Waals surface area contributed by atoms with E-state index in [1.54, 1.807) is 18.2 Å². The molecule has 2 aromatic carbocycles. The minimum atomic E-state index is -2.08. The minimum Gasteiger partial charge on any atom is -0.311 e. The quantitative estimate of drug-likeness (QED) is 0.563. The number of carbonyl (C=O) groups is 2. The highest BCUT2D eigenvalue weighted by Crippen LogP contribution is 2.32. The summed E-state index contributed by atoms with van der Waals surface area (Å²) in [5.74, 6) is -0.825. The molecule has 6 heteroatoms. The Morgan fingerprint density at radius 3 is 2.25 bits per heavy atom. The number of carbonyl (C=O) groups excluding carboxylic acids is 2. The number of alkyl halides is 3. The van der Waals surface area contributed by atoms with Gasteiger partial charge in [-0.3, -0.25) is 9.59 Å². The molecule has 0 radical (unpaired) electrons. The first-order valence-electron chi connectivity index (χ1n) is 7.23. The van der Waals surface area contributed by atoms with Gasteiger partial charge in [0.15, 0.2) is 5.78 Å². The summed E-state index contributed by atoms with van der Waals surface area (Å²) < 4.78 is -2.08. The van der Waals surface area contributed by atoms with E-state index in [9.17, 15) is 9.59 Å². The molecule has 0 saturated heterocycles. The molecule has 0 aliphatic heterocycles. The van der Waals surface area contributed by atoms with E-state index < -0.39 is 9.70 Å². The highest BCUT2D eigenvalue weighted by atomic mass is 35.6. The fourth-order valence-corrected chi connectivity index (χ4v) is 2.72. The first-order chi connectivity index (χ1) is 11.2. The average molecular weight is 385 g/mol. The zero-order valence-corrected chi connectivity index (χ0v) is 15.5. The van der Waals surface area contributed by atoms with E-state index in [0.29, 0.717) is 11.3 Å². The van der Waals surface area contributed by atoms with Crippen LogP contribution in [0, 0.1) is 6.92 Å². The number of nitrogens with zero attached hydrogens (tertiary/aromatic N) is 1. The summed E-state index contributed by atoms with van der Waals surface area (Å²) >= 11 is 17.0. The normalized spacial score (nSPS) is 11.2. The molecule has 0 atom stereocenters. The third-order valence-electron chi connectivity index (χ3n) is 3.57. The Kier molecular flexibility index (Phi) is 5.92. The van der Waals surface area contributed by atoms with Gasteiger partial charge in [-0.25, -0.2) is 0 Å². The van der Waals surface area contributed by atoms with E-state index >= 15 is 0 Å². The van der Waals surface area contributed by atoms with Gasteiger partial charge in [0.1, 0.15) is 0 Å². The lowest BCUT2D eigenvalue weighted by Crippen LogP contribution is -2.37. The number of anilines is 1. The summed E-state index contributed by atoms with van der Waals surface area (Å²) in [6, 6.07) is 14.6. The molecular formula is C18H16Cl3NO2. The highest BCUT2D eigenvalue weighted by Gasteiger charge is 2.35. The van der Waals surface area contributed by atoms with Gasteiger partial charge in [0.2, 0.25) is 0 Å². The number of benzene rings is 2. The summed E-state index contributed by atoms with van der Waals surface area (Å²) in [6.45, 7) is 1.87. The summed E-state index contributed by atoms with van der Waals surface area (Å²) in [6.07, 6.45) is 0.229. The largest absolute Gasteiger partial charge is 0.311 e. The van der Waals surface area contributed by atoms with Gasteiger partial charge < -0.3 is 4.90 Å². The van der Waals surface area contributed by atoms with Crippen molar-refractivity contribution < 1.29 is 9.59 Å². The standard InChI is InChI=1S/C18H16Cl3NO2/c1-12-8-9-15(22(2)17(24)18(19,20)21)14(10-12)16(23)11-13-6-4-3-5-7-13/h3-10H,11H2,1-2H3. The molecule has 24 heavy (non-hydrogen) atoms. The Hall–Kier alpha value is -1.55. The zero-order valence-electron chi connectivity index (χ0n) is 13.2. The summed E-state index contributed by atoms with van der Waals surface area (Å²) in [4.78, 5) is 26.1. The Bertz CT molecular complexity index is 755. The number of amides is 1. The Morgan fingerprint density at radius 2 is 1.67 bits per heavy atom. The predicted octanol–water partition coefficient (Wildman–Crippen LogP) is 4.75. The third kappa shape index (κ3) is 4.50. The van der Waals surface area contributed by atoms with Crippen LogP contribution in [0.5, 0.6) is 0 Å². The molecule has 0 bridgehead atoms. The van der Waals surface area contributed by atoms with Crippen molar-refractivity contribution >= 4 is 52.2 Å².